The lowest BCUT2D eigenvalue weighted by molar-refractivity contribution is -0.122. The molecule has 1 unspecified atom stereocenters. The lowest BCUT2D eigenvalue weighted by Gasteiger charge is -2.31. The molecule has 2 amide bonds. The van der Waals surface area contributed by atoms with Gasteiger partial charge >= 0.3 is 0 Å². The van der Waals surface area contributed by atoms with E-state index in [1.165, 1.54) is 0 Å². The SMILES string of the molecule is CCC(CC)(CN)NC(=O)c1cccc(NC(=O)C2Cc3ccccc3O2)c1.Cl. The molecule has 1 aliphatic heterocycles. The molecule has 0 bridgehead atoms. The Hall–Kier alpha value is -2.57. The average Bonchev–Trinajstić information content (AvgIpc) is 3.17. The van der Waals surface area contributed by atoms with E-state index in [0.717, 1.165) is 24.2 Å². The number of rotatable bonds is 7. The Balaban J connectivity index is 0.00000300. The summed E-state index contributed by atoms with van der Waals surface area (Å²) in [5.74, 6) is 0.315. The second-order valence-electron chi connectivity index (χ2n) is 7.13. The molecule has 0 saturated carbocycles. The summed E-state index contributed by atoms with van der Waals surface area (Å²) >= 11 is 0. The largest absolute Gasteiger partial charge is 0.480 e. The summed E-state index contributed by atoms with van der Waals surface area (Å²) in [7, 11) is 0. The molecule has 0 radical (unpaired) electrons. The first-order chi connectivity index (χ1) is 13.5. The number of hydrogen-bond donors (Lipinski definition) is 3. The number of fused-ring (bicyclic) bond motifs is 1. The number of ether oxygens (including phenoxy) is 1. The summed E-state index contributed by atoms with van der Waals surface area (Å²) in [4.78, 5) is 25.3. The van der Waals surface area contributed by atoms with Gasteiger partial charge in [-0.3, -0.25) is 9.59 Å². The fraction of sp³-hybridized carbons (Fsp3) is 0.364. The normalized spacial score (nSPS) is 14.9. The monoisotopic (exact) mass is 417 g/mol. The number of benzene rings is 2. The lowest BCUT2D eigenvalue weighted by atomic mass is 9.92. The molecular weight excluding hydrogens is 390 g/mol. The van der Waals surface area contributed by atoms with Crippen molar-refractivity contribution in [3.8, 4) is 5.75 Å². The molecule has 1 atom stereocenters. The minimum atomic E-state index is -0.569. The fourth-order valence-electron chi connectivity index (χ4n) is 3.37. The molecule has 156 valence electrons. The highest BCUT2D eigenvalue weighted by molar-refractivity contribution is 5.99. The van der Waals surface area contributed by atoms with Crippen LogP contribution in [0.3, 0.4) is 0 Å². The van der Waals surface area contributed by atoms with E-state index in [-0.39, 0.29) is 24.2 Å². The Morgan fingerprint density at radius 1 is 1.14 bits per heavy atom. The Labute approximate surface area is 177 Å². The molecule has 2 aromatic rings. The van der Waals surface area contributed by atoms with Crippen LogP contribution in [0.25, 0.3) is 0 Å². The van der Waals surface area contributed by atoms with Crippen LogP contribution in [0, 0.1) is 0 Å². The number of amides is 2. The Morgan fingerprint density at radius 3 is 2.52 bits per heavy atom. The number of carbonyl (C=O) groups is 2. The van der Waals surface area contributed by atoms with Gasteiger partial charge in [0.25, 0.3) is 11.8 Å². The van der Waals surface area contributed by atoms with Gasteiger partial charge in [0.15, 0.2) is 6.10 Å². The van der Waals surface area contributed by atoms with Gasteiger partial charge in [-0.2, -0.15) is 0 Å². The maximum Gasteiger partial charge on any atom is 0.265 e. The summed E-state index contributed by atoms with van der Waals surface area (Å²) in [6.45, 7) is 4.39. The van der Waals surface area contributed by atoms with Crippen LogP contribution in [0.5, 0.6) is 5.75 Å². The summed E-state index contributed by atoms with van der Waals surface area (Å²) in [6, 6.07) is 14.5. The van der Waals surface area contributed by atoms with E-state index in [4.69, 9.17) is 10.5 Å². The van der Waals surface area contributed by atoms with E-state index in [9.17, 15) is 9.59 Å². The van der Waals surface area contributed by atoms with Crippen LogP contribution in [-0.2, 0) is 11.2 Å². The maximum atomic E-state index is 12.7. The van der Waals surface area contributed by atoms with Gasteiger partial charge in [0.2, 0.25) is 0 Å². The van der Waals surface area contributed by atoms with Crippen molar-refractivity contribution in [2.45, 2.75) is 44.8 Å². The van der Waals surface area contributed by atoms with Crippen LogP contribution >= 0.6 is 12.4 Å². The van der Waals surface area contributed by atoms with Gasteiger partial charge in [-0.15, -0.1) is 12.4 Å². The smallest absolute Gasteiger partial charge is 0.265 e. The minimum Gasteiger partial charge on any atom is -0.480 e. The number of halogens is 1. The Bertz CT molecular complexity index is 835. The van der Waals surface area contributed by atoms with Gasteiger partial charge in [-0.25, -0.2) is 0 Å². The first-order valence-electron chi connectivity index (χ1n) is 9.68. The van der Waals surface area contributed by atoms with Gasteiger partial charge in [0, 0.05) is 24.2 Å². The van der Waals surface area contributed by atoms with Crippen molar-refractivity contribution in [1.29, 1.82) is 0 Å². The number of hydrogen-bond acceptors (Lipinski definition) is 4. The molecule has 3 rings (SSSR count). The van der Waals surface area contributed by atoms with Gasteiger partial charge in [-0.1, -0.05) is 38.1 Å². The van der Waals surface area contributed by atoms with Crippen molar-refractivity contribution in [2.24, 2.45) is 5.73 Å². The van der Waals surface area contributed by atoms with Gasteiger partial charge in [0.1, 0.15) is 5.75 Å². The summed E-state index contributed by atoms with van der Waals surface area (Å²) in [5.41, 5.74) is 7.51. The van der Waals surface area contributed by atoms with Crippen LogP contribution < -0.4 is 21.1 Å². The zero-order valence-electron chi connectivity index (χ0n) is 16.7. The van der Waals surface area contributed by atoms with Gasteiger partial charge in [-0.05, 0) is 42.7 Å². The molecule has 4 N–H and O–H groups in total. The number of anilines is 1. The predicted octanol–water partition coefficient (Wildman–Crippen LogP) is 3.30. The topological polar surface area (TPSA) is 93.5 Å². The molecule has 0 spiro atoms. The highest BCUT2D eigenvalue weighted by atomic mass is 35.5. The van der Waals surface area contributed by atoms with Gasteiger partial charge < -0.3 is 21.1 Å². The molecule has 1 heterocycles. The highest BCUT2D eigenvalue weighted by Crippen LogP contribution is 2.28. The molecule has 0 aliphatic carbocycles. The Kier molecular flexibility index (Phi) is 7.65. The quantitative estimate of drug-likeness (QED) is 0.644. The summed E-state index contributed by atoms with van der Waals surface area (Å²) in [6.07, 6.45) is 1.47. The zero-order chi connectivity index (χ0) is 20.1. The average molecular weight is 418 g/mol. The molecular formula is C22H28ClN3O3. The standard InChI is InChI=1S/C22H27N3O3.ClH/c1-3-22(4-2,14-23)25-20(26)16-9-7-10-17(12-16)24-21(27)19-13-15-8-5-6-11-18(15)28-19;/h5-12,19H,3-4,13-14,23H2,1-2H3,(H,24,27)(H,25,26);1H. The highest BCUT2D eigenvalue weighted by Gasteiger charge is 2.29. The van der Waals surface area contributed by atoms with Crippen molar-refractivity contribution >= 4 is 29.9 Å². The molecule has 6 nitrogen and oxygen atoms in total. The second-order valence-corrected chi connectivity index (χ2v) is 7.13. The third kappa shape index (κ3) is 5.08. The Morgan fingerprint density at radius 2 is 1.86 bits per heavy atom. The second kappa shape index (κ2) is 9.76. The van der Waals surface area contributed by atoms with E-state index >= 15 is 0 Å². The van der Waals surface area contributed by atoms with Gasteiger partial charge in [0.05, 0.1) is 5.54 Å². The fourth-order valence-corrected chi connectivity index (χ4v) is 3.37. The van der Waals surface area contributed by atoms with Crippen molar-refractivity contribution in [2.75, 3.05) is 11.9 Å². The predicted molar refractivity (Wildman–Crippen MR) is 117 cm³/mol. The molecule has 2 aromatic carbocycles. The number of nitrogens with one attached hydrogen (secondary N) is 2. The van der Waals surface area contributed by atoms with Crippen LogP contribution in [0.4, 0.5) is 5.69 Å². The molecule has 0 fully saturated rings. The number of nitrogens with two attached hydrogens (primary N) is 1. The van der Waals surface area contributed by atoms with Crippen LogP contribution in [-0.4, -0.2) is 30.0 Å². The molecule has 1 aliphatic rings. The summed E-state index contributed by atoms with van der Waals surface area (Å²) < 4.78 is 5.72. The first kappa shape index (κ1) is 22.7. The number of carbonyl (C=O) groups excluding carboxylic acids is 2. The first-order valence-corrected chi connectivity index (χ1v) is 9.68. The van der Waals surface area contributed by atoms with E-state index in [0.29, 0.717) is 24.2 Å². The lowest BCUT2D eigenvalue weighted by Crippen LogP contribution is -2.52. The van der Waals surface area contributed by atoms with Crippen molar-refractivity contribution < 1.29 is 14.3 Å². The van der Waals surface area contributed by atoms with E-state index in [1.54, 1.807) is 24.3 Å². The third-order valence-corrected chi connectivity index (χ3v) is 5.45. The molecule has 29 heavy (non-hydrogen) atoms. The molecule has 0 aromatic heterocycles. The van der Waals surface area contributed by atoms with Crippen molar-refractivity contribution in [3.63, 3.8) is 0 Å². The third-order valence-electron chi connectivity index (χ3n) is 5.45. The molecule has 7 heteroatoms. The minimum absolute atomic E-state index is 0. The van der Waals surface area contributed by atoms with E-state index < -0.39 is 11.6 Å². The number of para-hydroxylation sites is 1. The van der Waals surface area contributed by atoms with Crippen molar-refractivity contribution in [1.82, 2.24) is 5.32 Å². The van der Waals surface area contributed by atoms with E-state index in [2.05, 4.69) is 10.6 Å². The maximum absolute atomic E-state index is 12.7. The van der Waals surface area contributed by atoms with Crippen LogP contribution in [0.2, 0.25) is 0 Å². The van der Waals surface area contributed by atoms with Crippen LogP contribution in [0.1, 0.15) is 42.6 Å². The van der Waals surface area contributed by atoms with E-state index in [1.807, 2.05) is 38.1 Å². The molecule has 0 saturated heterocycles. The van der Waals surface area contributed by atoms with Crippen LogP contribution in [0.15, 0.2) is 48.5 Å². The zero-order valence-corrected chi connectivity index (χ0v) is 17.6. The summed E-state index contributed by atoms with van der Waals surface area (Å²) in [5, 5.41) is 5.89. The van der Waals surface area contributed by atoms with Crippen molar-refractivity contribution in [3.05, 3.63) is 59.7 Å².